The first-order valence-electron chi connectivity index (χ1n) is 8.36. The normalized spacial score (nSPS) is 13.0. The van der Waals surface area contributed by atoms with Gasteiger partial charge in [-0.1, -0.05) is 19.9 Å². The first-order valence-corrected chi connectivity index (χ1v) is 9.80. The van der Waals surface area contributed by atoms with Gasteiger partial charge in [-0.15, -0.1) is 0 Å². The molecule has 0 saturated carbocycles. The van der Waals surface area contributed by atoms with Crippen molar-refractivity contribution in [3.8, 4) is 0 Å². The predicted octanol–water partition coefficient (Wildman–Crippen LogP) is 2.33. The van der Waals surface area contributed by atoms with Gasteiger partial charge in [0.25, 0.3) is 5.91 Å². The zero-order chi connectivity index (χ0) is 20.0. The molecule has 0 saturated heterocycles. The summed E-state index contributed by atoms with van der Waals surface area (Å²) in [6.07, 6.45) is 3.23. The Hall–Kier alpha value is -2.36. The number of sulfonamides is 1. The van der Waals surface area contributed by atoms with Crippen LogP contribution in [-0.2, 0) is 21.4 Å². The molecule has 0 radical (unpaired) electrons. The monoisotopic (exact) mass is 395 g/mol. The van der Waals surface area contributed by atoms with E-state index in [2.05, 4.69) is 4.98 Å². The Kier molecular flexibility index (Phi) is 7.00. The molecule has 2 aromatic rings. The predicted molar refractivity (Wildman–Crippen MR) is 96.5 cm³/mol. The first kappa shape index (κ1) is 20.9. The highest BCUT2D eigenvalue weighted by Crippen LogP contribution is 2.24. The van der Waals surface area contributed by atoms with Crippen molar-refractivity contribution in [1.29, 1.82) is 0 Å². The van der Waals surface area contributed by atoms with Crippen LogP contribution in [0.5, 0.6) is 0 Å². The molecule has 1 aromatic carbocycles. The summed E-state index contributed by atoms with van der Waals surface area (Å²) in [5, 5.41) is 9.12. The van der Waals surface area contributed by atoms with Gasteiger partial charge in [-0.3, -0.25) is 15.0 Å². The molecule has 0 aliphatic heterocycles. The zero-order valence-corrected chi connectivity index (χ0v) is 15.9. The number of hydrogen-bond donors (Lipinski definition) is 2. The van der Waals surface area contributed by atoms with Crippen LogP contribution in [0.25, 0.3) is 0 Å². The topological polar surface area (TPSA) is 99.6 Å². The van der Waals surface area contributed by atoms with Gasteiger partial charge in [0.2, 0.25) is 10.0 Å². The van der Waals surface area contributed by atoms with Crippen LogP contribution >= 0.6 is 0 Å². The standard InChI is InChI=1S/C18H22FN3O4S/c1-13(2)10-17(18(23)21-24)22(12-14-4-3-9-20-11-14)27(25,26)16-7-5-15(19)6-8-16/h3-9,11,13,17,24H,10,12H2,1-2H3,(H,21,23)/t17-/m1/s1. The molecule has 0 fully saturated rings. The Bertz CT molecular complexity index is 858. The number of rotatable bonds is 8. The Morgan fingerprint density at radius 1 is 1.26 bits per heavy atom. The number of hydrogen-bond acceptors (Lipinski definition) is 5. The van der Waals surface area contributed by atoms with E-state index in [1.54, 1.807) is 23.8 Å². The molecule has 1 atom stereocenters. The average Bonchev–Trinajstić information content (AvgIpc) is 2.64. The molecule has 0 unspecified atom stereocenters. The Labute approximate surface area is 157 Å². The van der Waals surface area contributed by atoms with Crippen LogP contribution in [0.1, 0.15) is 25.8 Å². The van der Waals surface area contributed by atoms with Crippen LogP contribution in [0.2, 0.25) is 0 Å². The van der Waals surface area contributed by atoms with E-state index in [9.17, 15) is 17.6 Å². The average molecular weight is 395 g/mol. The van der Waals surface area contributed by atoms with Crippen molar-refractivity contribution in [3.05, 3.63) is 60.2 Å². The molecule has 0 spiro atoms. The molecular formula is C18H22FN3O4S. The van der Waals surface area contributed by atoms with E-state index in [-0.39, 0.29) is 23.8 Å². The van der Waals surface area contributed by atoms with Crippen LogP contribution in [0.3, 0.4) is 0 Å². The van der Waals surface area contributed by atoms with Crippen LogP contribution < -0.4 is 5.48 Å². The summed E-state index contributed by atoms with van der Waals surface area (Å²) >= 11 is 0. The number of benzene rings is 1. The lowest BCUT2D eigenvalue weighted by atomic mass is 10.0. The Morgan fingerprint density at radius 2 is 1.93 bits per heavy atom. The van der Waals surface area contributed by atoms with E-state index in [1.807, 2.05) is 13.8 Å². The molecule has 146 valence electrons. The summed E-state index contributed by atoms with van der Waals surface area (Å²) in [5.41, 5.74) is 2.12. The molecule has 9 heteroatoms. The molecular weight excluding hydrogens is 373 g/mol. The summed E-state index contributed by atoms with van der Waals surface area (Å²) in [5.74, 6) is -1.43. The molecule has 2 N–H and O–H groups in total. The number of pyridine rings is 1. The lowest BCUT2D eigenvalue weighted by Crippen LogP contribution is -2.49. The van der Waals surface area contributed by atoms with Gasteiger partial charge in [0.15, 0.2) is 0 Å². The van der Waals surface area contributed by atoms with E-state index in [0.29, 0.717) is 5.56 Å². The fourth-order valence-corrected chi connectivity index (χ4v) is 4.24. The van der Waals surface area contributed by atoms with Crippen LogP contribution in [0, 0.1) is 11.7 Å². The smallest absolute Gasteiger partial charge is 0.261 e. The highest BCUT2D eigenvalue weighted by Gasteiger charge is 2.36. The van der Waals surface area contributed by atoms with E-state index in [4.69, 9.17) is 5.21 Å². The lowest BCUT2D eigenvalue weighted by Gasteiger charge is -2.30. The molecule has 1 heterocycles. The minimum Gasteiger partial charge on any atom is -0.289 e. The minimum atomic E-state index is -4.15. The fraction of sp³-hybridized carbons (Fsp3) is 0.333. The van der Waals surface area contributed by atoms with Gasteiger partial charge in [-0.25, -0.2) is 18.3 Å². The summed E-state index contributed by atoms with van der Waals surface area (Å²) in [6.45, 7) is 3.55. The van der Waals surface area contributed by atoms with Crippen LogP contribution in [0.15, 0.2) is 53.7 Å². The number of halogens is 1. The van der Waals surface area contributed by atoms with E-state index < -0.39 is 27.8 Å². The van der Waals surface area contributed by atoms with E-state index in [0.717, 1.165) is 28.6 Å². The van der Waals surface area contributed by atoms with E-state index >= 15 is 0 Å². The molecule has 1 aromatic heterocycles. The second-order valence-electron chi connectivity index (χ2n) is 6.49. The quantitative estimate of drug-likeness (QED) is 0.528. The summed E-state index contributed by atoms with van der Waals surface area (Å²) in [7, 11) is -4.15. The minimum absolute atomic E-state index is 0.0212. The Morgan fingerprint density at radius 3 is 2.44 bits per heavy atom. The highest BCUT2D eigenvalue weighted by atomic mass is 32.2. The largest absolute Gasteiger partial charge is 0.289 e. The highest BCUT2D eigenvalue weighted by molar-refractivity contribution is 7.89. The SMILES string of the molecule is CC(C)C[C@H](C(=O)NO)N(Cc1cccnc1)S(=O)(=O)c1ccc(F)cc1. The van der Waals surface area contributed by atoms with Crippen LogP contribution in [0.4, 0.5) is 4.39 Å². The summed E-state index contributed by atoms with van der Waals surface area (Å²) < 4.78 is 40.7. The maximum Gasteiger partial charge on any atom is 0.261 e. The second kappa shape index (κ2) is 9.03. The number of carbonyl (C=O) groups excluding carboxylic acids is 1. The molecule has 1 amide bonds. The third kappa shape index (κ3) is 5.31. The lowest BCUT2D eigenvalue weighted by molar-refractivity contribution is -0.133. The first-order chi connectivity index (χ1) is 12.8. The van der Waals surface area contributed by atoms with Crippen molar-refractivity contribution >= 4 is 15.9 Å². The van der Waals surface area contributed by atoms with Crippen LogP contribution in [-0.4, -0.2) is 34.9 Å². The van der Waals surface area contributed by atoms with Crippen molar-refractivity contribution in [1.82, 2.24) is 14.8 Å². The van der Waals surface area contributed by atoms with Gasteiger partial charge in [-0.2, -0.15) is 4.31 Å². The van der Waals surface area contributed by atoms with Gasteiger partial charge in [0.1, 0.15) is 11.9 Å². The molecule has 7 nitrogen and oxygen atoms in total. The van der Waals surface area contributed by atoms with Gasteiger partial charge in [0.05, 0.1) is 4.90 Å². The van der Waals surface area contributed by atoms with Gasteiger partial charge < -0.3 is 0 Å². The number of aromatic nitrogens is 1. The van der Waals surface area contributed by atoms with Crippen molar-refractivity contribution in [2.24, 2.45) is 5.92 Å². The molecule has 0 aliphatic rings. The summed E-state index contributed by atoms with van der Waals surface area (Å²) in [4.78, 5) is 16.1. The number of carbonyl (C=O) groups is 1. The molecule has 0 bridgehead atoms. The van der Waals surface area contributed by atoms with E-state index in [1.165, 1.54) is 6.20 Å². The maximum atomic E-state index is 13.2. The zero-order valence-electron chi connectivity index (χ0n) is 15.0. The van der Waals surface area contributed by atoms with Gasteiger partial charge >= 0.3 is 0 Å². The number of amides is 1. The second-order valence-corrected chi connectivity index (χ2v) is 8.38. The third-order valence-corrected chi connectivity index (χ3v) is 5.81. The van der Waals surface area contributed by atoms with Gasteiger partial charge in [0, 0.05) is 18.9 Å². The number of hydroxylamine groups is 1. The van der Waals surface area contributed by atoms with Crippen molar-refractivity contribution in [3.63, 3.8) is 0 Å². The summed E-state index contributed by atoms with van der Waals surface area (Å²) in [6, 6.07) is 6.56. The Balaban J connectivity index is 2.53. The maximum absolute atomic E-state index is 13.2. The number of nitrogens with one attached hydrogen (secondary N) is 1. The van der Waals surface area contributed by atoms with Crippen molar-refractivity contribution < 1.29 is 22.8 Å². The number of nitrogens with zero attached hydrogens (tertiary/aromatic N) is 2. The van der Waals surface area contributed by atoms with Gasteiger partial charge in [-0.05, 0) is 48.2 Å². The van der Waals surface area contributed by atoms with Crippen molar-refractivity contribution in [2.75, 3.05) is 0 Å². The molecule has 27 heavy (non-hydrogen) atoms. The fourth-order valence-electron chi connectivity index (χ4n) is 2.65. The molecule has 2 rings (SSSR count). The van der Waals surface area contributed by atoms with Crippen molar-refractivity contribution in [2.45, 2.75) is 37.8 Å². The third-order valence-electron chi connectivity index (χ3n) is 3.94. The molecule has 0 aliphatic carbocycles.